The predicted molar refractivity (Wildman–Crippen MR) is 62.7 cm³/mol. The molecule has 0 aliphatic rings. The third-order valence-corrected chi connectivity index (χ3v) is 1.98. The maximum atomic E-state index is 11.2. The van der Waals surface area contributed by atoms with Crippen LogP contribution in [0.3, 0.4) is 0 Å². The third-order valence-electron chi connectivity index (χ3n) is 1.98. The predicted octanol–water partition coefficient (Wildman–Crippen LogP) is -1.78. The molecule has 0 saturated heterocycles. The van der Waals surface area contributed by atoms with E-state index in [2.05, 4.69) is 15.3 Å². The molecule has 8 heteroatoms. The number of amides is 1. The monoisotopic (exact) mass is 250 g/mol. The first-order valence-electron chi connectivity index (χ1n) is 4.83. The van der Waals surface area contributed by atoms with E-state index < -0.39 is 12.0 Å². The molecule has 1 aromatic heterocycles. The first kappa shape index (κ1) is 16.1. The van der Waals surface area contributed by atoms with Gasteiger partial charge < -0.3 is 21.1 Å². The van der Waals surface area contributed by atoms with Gasteiger partial charge in [0.15, 0.2) is 0 Å². The fraction of sp³-hybridized carbons (Fsp3) is 0.444. The molecule has 0 unspecified atom stereocenters. The molecule has 0 saturated carbocycles. The molecule has 1 aromatic rings. The number of hydrogen-bond acceptors (Lipinski definition) is 4. The average molecular weight is 250 g/mol. The summed E-state index contributed by atoms with van der Waals surface area (Å²) in [5.74, 6) is -1.45. The zero-order chi connectivity index (χ0) is 12.0. The Bertz CT molecular complexity index is 355. The maximum absolute atomic E-state index is 11.2. The number of nitrogens with one attached hydrogen (secondary N) is 2. The van der Waals surface area contributed by atoms with Gasteiger partial charge in [0.25, 0.3) is 0 Å². The molecule has 0 aliphatic carbocycles. The molecule has 5 N–H and O–H groups in total. The van der Waals surface area contributed by atoms with Crippen LogP contribution in [0.5, 0.6) is 0 Å². The van der Waals surface area contributed by atoms with Gasteiger partial charge in [0.1, 0.15) is 6.04 Å². The molecule has 90 valence electrons. The number of rotatable bonds is 6. The number of imidazole rings is 1. The van der Waals surface area contributed by atoms with Crippen molar-refractivity contribution in [2.24, 2.45) is 5.73 Å². The van der Waals surface area contributed by atoms with E-state index in [9.17, 15) is 9.59 Å². The van der Waals surface area contributed by atoms with E-state index in [0.717, 1.165) is 0 Å². The third kappa shape index (κ3) is 5.83. The molecule has 1 rings (SSSR count). The van der Waals surface area contributed by atoms with Gasteiger partial charge >= 0.3 is 35.5 Å². The molecule has 0 bridgehead atoms. The van der Waals surface area contributed by atoms with Crippen molar-refractivity contribution in [1.82, 2.24) is 15.3 Å². The molecule has 1 atom stereocenters. The number of nitrogens with zero attached hydrogens (tertiary/aromatic N) is 1. The second-order valence-electron chi connectivity index (χ2n) is 3.28. The summed E-state index contributed by atoms with van der Waals surface area (Å²) >= 11 is 0. The number of H-pyrrole nitrogens is 1. The van der Waals surface area contributed by atoms with Crippen molar-refractivity contribution in [2.75, 3.05) is 6.54 Å². The second-order valence-corrected chi connectivity index (χ2v) is 3.28. The fourth-order valence-corrected chi connectivity index (χ4v) is 1.21. The van der Waals surface area contributed by atoms with Crippen molar-refractivity contribution < 1.29 is 14.7 Å². The summed E-state index contributed by atoms with van der Waals surface area (Å²) in [5.41, 5.74) is 5.85. The van der Waals surface area contributed by atoms with Crippen LogP contribution in [0.1, 0.15) is 12.1 Å². The molecule has 0 radical (unpaired) electrons. The van der Waals surface area contributed by atoms with Gasteiger partial charge in [-0.1, -0.05) is 0 Å². The van der Waals surface area contributed by atoms with Gasteiger partial charge in [-0.05, 0) is 0 Å². The number of hydrogen-bond donors (Lipinski definition) is 4. The average Bonchev–Trinajstić information content (AvgIpc) is 2.69. The van der Waals surface area contributed by atoms with Gasteiger partial charge in [0, 0.05) is 31.3 Å². The van der Waals surface area contributed by atoms with Gasteiger partial charge in [-0.25, -0.2) is 9.78 Å². The number of nitrogens with two attached hydrogens (primary N) is 1. The zero-order valence-corrected chi connectivity index (χ0v) is 8.64. The number of aromatic nitrogens is 2. The fourth-order valence-electron chi connectivity index (χ4n) is 1.21. The van der Waals surface area contributed by atoms with Crippen molar-refractivity contribution >= 4 is 41.4 Å². The molecule has 1 amide bonds. The van der Waals surface area contributed by atoms with Crippen molar-refractivity contribution in [2.45, 2.75) is 18.9 Å². The van der Waals surface area contributed by atoms with E-state index in [1.807, 2.05) is 0 Å². The summed E-state index contributed by atoms with van der Waals surface area (Å²) in [5, 5.41) is 11.3. The van der Waals surface area contributed by atoms with E-state index in [1.165, 1.54) is 12.5 Å². The Hall–Kier alpha value is -0.890. The van der Waals surface area contributed by atoms with Crippen LogP contribution in [-0.2, 0) is 16.0 Å². The summed E-state index contributed by atoms with van der Waals surface area (Å²) in [7, 11) is 0. The minimum absolute atomic E-state index is 0. The van der Waals surface area contributed by atoms with Crippen LogP contribution in [0.25, 0.3) is 0 Å². The molecule has 1 heterocycles. The minimum atomic E-state index is -1.08. The standard InChI is InChI=1S/C9H14N4O3.Na.H/c10-2-1-8(14)13-7(9(15)16)3-6-4-11-5-12-6;;/h4-5,7H,1-3,10H2,(H,11,12)(H,13,14)(H,15,16);;/t7-;;/m0../s1. The number of aliphatic carboxylic acids is 1. The van der Waals surface area contributed by atoms with Gasteiger partial charge in [0.2, 0.25) is 5.91 Å². The first-order valence-corrected chi connectivity index (χ1v) is 4.83. The molecule has 0 fully saturated rings. The Morgan fingerprint density at radius 1 is 1.59 bits per heavy atom. The van der Waals surface area contributed by atoms with E-state index in [1.54, 1.807) is 0 Å². The van der Waals surface area contributed by atoms with Gasteiger partial charge in [-0.3, -0.25) is 4.79 Å². The summed E-state index contributed by atoms with van der Waals surface area (Å²) in [6, 6.07) is -0.959. The number of carboxylic acids is 1. The topological polar surface area (TPSA) is 121 Å². The number of carboxylic acid groups (broad SMARTS) is 1. The summed E-state index contributed by atoms with van der Waals surface area (Å²) in [4.78, 5) is 28.6. The zero-order valence-electron chi connectivity index (χ0n) is 8.64. The Kier molecular flexibility index (Phi) is 7.81. The summed E-state index contributed by atoms with van der Waals surface area (Å²) in [6.45, 7) is 0.197. The molecule has 7 nitrogen and oxygen atoms in total. The van der Waals surface area contributed by atoms with Crippen LogP contribution >= 0.6 is 0 Å². The summed E-state index contributed by atoms with van der Waals surface area (Å²) in [6.07, 6.45) is 3.26. The Labute approximate surface area is 120 Å². The van der Waals surface area contributed by atoms with Crippen molar-refractivity contribution in [3.63, 3.8) is 0 Å². The molecular formula is C9H15N4NaO3. The van der Waals surface area contributed by atoms with Gasteiger partial charge in [-0.2, -0.15) is 0 Å². The molecule has 0 aromatic carbocycles. The quantitative estimate of drug-likeness (QED) is 0.445. The first-order chi connectivity index (χ1) is 7.63. The Morgan fingerprint density at radius 2 is 2.29 bits per heavy atom. The van der Waals surface area contributed by atoms with E-state index >= 15 is 0 Å². The number of carbonyl (C=O) groups is 2. The van der Waals surface area contributed by atoms with Gasteiger partial charge in [-0.15, -0.1) is 0 Å². The van der Waals surface area contributed by atoms with Crippen molar-refractivity contribution in [3.8, 4) is 0 Å². The van der Waals surface area contributed by atoms with Crippen LogP contribution in [0.15, 0.2) is 12.5 Å². The van der Waals surface area contributed by atoms with E-state index in [-0.39, 0.29) is 54.9 Å². The summed E-state index contributed by atoms with van der Waals surface area (Å²) < 4.78 is 0. The Morgan fingerprint density at radius 3 is 2.76 bits per heavy atom. The SMILES string of the molecule is NCCC(=O)N[C@@H](Cc1cnc[nH]1)C(=O)O.[NaH]. The van der Waals surface area contributed by atoms with Crippen LogP contribution < -0.4 is 11.1 Å². The van der Waals surface area contributed by atoms with Crippen molar-refractivity contribution in [3.05, 3.63) is 18.2 Å². The molecular weight excluding hydrogens is 235 g/mol. The molecule has 0 aliphatic heterocycles. The number of aromatic amines is 1. The Balaban J connectivity index is 0.00000256. The second kappa shape index (κ2) is 8.24. The van der Waals surface area contributed by atoms with Crippen LogP contribution in [0.4, 0.5) is 0 Å². The van der Waals surface area contributed by atoms with E-state index in [4.69, 9.17) is 10.8 Å². The molecule has 0 spiro atoms. The van der Waals surface area contributed by atoms with Gasteiger partial charge in [0.05, 0.1) is 6.33 Å². The van der Waals surface area contributed by atoms with Crippen LogP contribution in [0.2, 0.25) is 0 Å². The van der Waals surface area contributed by atoms with Crippen molar-refractivity contribution in [1.29, 1.82) is 0 Å². The normalized spacial score (nSPS) is 11.4. The van der Waals surface area contributed by atoms with E-state index in [0.29, 0.717) is 5.69 Å². The van der Waals surface area contributed by atoms with Crippen LogP contribution in [-0.4, -0.2) is 69.1 Å². The molecule has 17 heavy (non-hydrogen) atoms. The number of carbonyl (C=O) groups excluding carboxylic acids is 1. The van der Waals surface area contributed by atoms with Crippen LogP contribution in [0, 0.1) is 0 Å².